The van der Waals surface area contributed by atoms with E-state index in [4.69, 9.17) is 27.9 Å². The topological polar surface area (TPSA) is 79.4 Å². The Bertz CT molecular complexity index is 949. The number of aromatic amines is 1. The second-order valence-corrected chi connectivity index (χ2v) is 6.02. The number of hydrogen-bond acceptors (Lipinski definition) is 4. The highest BCUT2D eigenvalue weighted by molar-refractivity contribution is 6.38. The van der Waals surface area contributed by atoms with Gasteiger partial charge in [-0.15, -0.1) is 0 Å². The van der Waals surface area contributed by atoms with Gasteiger partial charge in [-0.05, 0) is 30.3 Å². The van der Waals surface area contributed by atoms with Crippen molar-refractivity contribution in [3.8, 4) is 17.0 Å². The summed E-state index contributed by atoms with van der Waals surface area (Å²) in [6.07, 6.45) is 1.39. The van der Waals surface area contributed by atoms with Gasteiger partial charge in [0.15, 0.2) is 0 Å². The van der Waals surface area contributed by atoms with Crippen LogP contribution in [0.5, 0.6) is 5.75 Å². The molecule has 1 amide bonds. The molecule has 26 heavy (non-hydrogen) atoms. The number of halogens is 2. The first kappa shape index (κ1) is 18.0. The summed E-state index contributed by atoms with van der Waals surface area (Å²) < 4.78 is 5.30. The van der Waals surface area contributed by atoms with Crippen molar-refractivity contribution in [2.24, 2.45) is 5.10 Å². The molecule has 0 fully saturated rings. The highest BCUT2D eigenvalue weighted by Crippen LogP contribution is 2.28. The first-order valence-electron chi connectivity index (χ1n) is 7.56. The summed E-state index contributed by atoms with van der Waals surface area (Å²) in [5, 5.41) is 11.6. The highest BCUT2D eigenvalue weighted by Gasteiger charge is 2.13. The van der Waals surface area contributed by atoms with Crippen molar-refractivity contribution in [2.75, 3.05) is 7.11 Å². The van der Waals surface area contributed by atoms with Crippen molar-refractivity contribution in [2.45, 2.75) is 0 Å². The summed E-state index contributed by atoms with van der Waals surface area (Å²) in [4.78, 5) is 12.2. The van der Waals surface area contributed by atoms with Gasteiger partial charge in [0.25, 0.3) is 5.91 Å². The Kier molecular flexibility index (Phi) is 5.55. The zero-order valence-electron chi connectivity index (χ0n) is 13.7. The van der Waals surface area contributed by atoms with Crippen molar-refractivity contribution < 1.29 is 9.53 Å². The number of carbonyl (C=O) groups is 1. The maximum Gasteiger partial charge on any atom is 0.289 e. The average molecular weight is 389 g/mol. The molecule has 2 aromatic carbocycles. The van der Waals surface area contributed by atoms with Gasteiger partial charge in [-0.3, -0.25) is 9.89 Å². The summed E-state index contributed by atoms with van der Waals surface area (Å²) in [6, 6.07) is 14.1. The van der Waals surface area contributed by atoms with Crippen LogP contribution in [0.1, 0.15) is 16.1 Å². The molecule has 3 rings (SSSR count). The molecule has 0 saturated heterocycles. The number of para-hydroxylation sites is 1. The second kappa shape index (κ2) is 8.03. The Labute approximate surface area is 159 Å². The monoisotopic (exact) mass is 388 g/mol. The fourth-order valence-electron chi connectivity index (χ4n) is 2.28. The van der Waals surface area contributed by atoms with Gasteiger partial charge in [0.2, 0.25) is 0 Å². The number of rotatable bonds is 5. The van der Waals surface area contributed by atoms with Crippen LogP contribution in [0.4, 0.5) is 0 Å². The molecule has 0 aliphatic rings. The molecule has 0 bridgehead atoms. The minimum atomic E-state index is -0.446. The maximum absolute atomic E-state index is 12.2. The summed E-state index contributed by atoms with van der Waals surface area (Å²) in [6.45, 7) is 0. The lowest BCUT2D eigenvalue weighted by atomic mass is 10.1. The van der Waals surface area contributed by atoms with E-state index < -0.39 is 5.91 Å². The van der Waals surface area contributed by atoms with Crippen LogP contribution in [0.15, 0.2) is 53.6 Å². The number of benzene rings is 2. The van der Waals surface area contributed by atoms with E-state index in [1.165, 1.54) is 6.21 Å². The predicted molar refractivity (Wildman–Crippen MR) is 102 cm³/mol. The predicted octanol–water partition coefficient (Wildman–Crippen LogP) is 4.16. The summed E-state index contributed by atoms with van der Waals surface area (Å²) in [7, 11) is 1.58. The van der Waals surface area contributed by atoms with Gasteiger partial charge in [0.05, 0.1) is 29.1 Å². The molecule has 132 valence electrons. The molecule has 0 saturated carbocycles. The molecule has 3 aromatic rings. The van der Waals surface area contributed by atoms with Crippen LogP contribution in [-0.2, 0) is 0 Å². The largest absolute Gasteiger partial charge is 0.496 e. The van der Waals surface area contributed by atoms with E-state index in [1.807, 2.05) is 24.3 Å². The van der Waals surface area contributed by atoms with Gasteiger partial charge in [-0.1, -0.05) is 41.4 Å². The Hall–Kier alpha value is -2.83. The van der Waals surface area contributed by atoms with Crippen molar-refractivity contribution in [3.63, 3.8) is 0 Å². The smallest absolute Gasteiger partial charge is 0.289 e. The van der Waals surface area contributed by atoms with Crippen LogP contribution in [-0.4, -0.2) is 29.4 Å². The lowest BCUT2D eigenvalue weighted by Gasteiger charge is -2.04. The van der Waals surface area contributed by atoms with Gasteiger partial charge >= 0.3 is 0 Å². The molecule has 0 unspecified atom stereocenters. The lowest BCUT2D eigenvalue weighted by molar-refractivity contribution is 0.0950. The van der Waals surface area contributed by atoms with Crippen LogP contribution < -0.4 is 10.2 Å². The van der Waals surface area contributed by atoms with Crippen molar-refractivity contribution in [3.05, 3.63) is 69.8 Å². The molecule has 0 atom stereocenters. The Balaban J connectivity index is 1.74. The van der Waals surface area contributed by atoms with E-state index >= 15 is 0 Å². The molecule has 6 nitrogen and oxygen atoms in total. The average Bonchev–Trinajstić information content (AvgIpc) is 3.14. The number of aromatic nitrogens is 2. The van der Waals surface area contributed by atoms with Gasteiger partial charge in [-0.25, -0.2) is 5.43 Å². The zero-order chi connectivity index (χ0) is 18.5. The van der Waals surface area contributed by atoms with Crippen LogP contribution in [0, 0.1) is 0 Å². The molecule has 2 N–H and O–H groups in total. The van der Waals surface area contributed by atoms with Gasteiger partial charge in [0.1, 0.15) is 11.4 Å². The fraction of sp³-hybridized carbons (Fsp3) is 0.0556. The standard InChI is InChI=1S/C18H14Cl2N4O2/c1-26-17-8-3-2-5-11(17)15-9-16(23-22-15)18(25)24-21-10-12-13(19)6-4-7-14(12)20/h2-10H,1H3,(H,22,23)(H,24,25). The highest BCUT2D eigenvalue weighted by atomic mass is 35.5. The quantitative estimate of drug-likeness (QED) is 0.508. The number of hydrogen-bond donors (Lipinski definition) is 2. The van der Waals surface area contributed by atoms with E-state index in [-0.39, 0.29) is 5.69 Å². The van der Waals surface area contributed by atoms with E-state index in [9.17, 15) is 4.79 Å². The fourth-order valence-corrected chi connectivity index (χ4v) is 2.78. The number of methoxy groups -OCH3 is 1. The number of H-pyrrole nitrogens is 1. The Morgan fingerprint density at radius 1 is 1.19 bits per heavy atom. The molecule has 0 spiro atoms. The second-order valence-electron chi connectivity index (χ2n) is 5.20. The van der Waals surface area contributed by atoms with Crippen LogP contribution in [0.25, 0.3) is 11.3 Å². The van der Waals surface area contributed by atoms with E-state index in [0.29, 0.717) is 27.1 Å². The number of nitrogens with one attached hydrogen (secondary N) is 2. The molecule has 8 heteroatoms. The van der Waals surface area contributed by atoms with Gasteiger partial charge in [-0.2, -0.15) is 10.2 Å². The molecular formula is C18H14Cl2N4O2. The normalized spacial score (nSPS) is 10.9. The third kappa shape index (κ3) is 3.87. The van der Waals surface area contributed by atoms with Crippen LogP contribution in [0.2, 0.25) is 10.0 Å². The van der Waals surface area contributed by atoms with E-state index in [2.05, 4.69) is 20.7 Å². The summed E-state index contributed by atoms with van der Waals surface area (Å²) >= 11 is 12.1. The summed E-state index contributed by atoms with van der Waals surface area (Å²) in [5.41, 5.74) is 4.55. The lowest BCUT2D eigenvalue weighted by Crippen LogP contribution is -2.18. The van der Waals surface area contributed by atoms with E-state index in [0.717, 1.165) is 5.56 Å². The minimum absolute atomic E-state index is 0.258. The number of hydrazone groups is 1. The van der Waals surface area contributed by atoms with Gasteiger partial charge in [0, 0.05) is 11.1 Å². The molecular weight excluding hydrogens is 375 g/mol. The third-order valence-corrected chi connectivity index (χ3v) is 4.22. The SMILES string of the molecule is COc1ccccc1-c1cc(C(=O)NN=Cc2c(Cl)cccc2Cl)[nH]n1. The van der Waals surface area contributed by atoms with Crippen molar-refractivity contribution >= 4 is 35.3 Å². The maximum atomic E-state index is 12.2. The minimum Gasteiger partial charge on any atom is -0.496 e. The van der Waals surface area contributed by atoms with E-state index in [1.54, 1.807) is 31.4 Å². The van der Waals surface area contributed by atoms with Crippen molar-refractivity contribution in [1.82, 2.24) is 15.6 Å². The van der Waals surface area contributed by atoms with Crippen LogP contribution in [0.3, 0.4) is 0 Å². The Morgan fingerprint density at radius 3 is 2.65 bits per heavy atom. The first-order chi connectivity index (χ1) is 12.6. The first-order valence-corrected chi connectivity index (χ1v) is 8.32. The molecule has 1 aromatic heterocycles. The van der Waals surface area contributed by atoms with Gasteiger partial charge < -0.3 is 4.74 Å². The number of amides is 1. The zero-order valence-corrected chi connectivity index (χ0v) is 15.2. The number of ether oxygens (including phenoxy) is 1. The van der Waals surface area contributed by atoms with Crippen LogP contribution >= 0.6 is 23.2 Å². The molecule has 1 heterocycles. The number of nitrogens with zero attached hydrogens (tertiary/aromatic N) is 2. The summed E-state index contributed by atoms with van der Waals surface area (Å²) in [5.74, 6) is 0.218. The molecule has 0 aliphatic heterocycles. The number of carbonyl (C=O) groups excluding carboxylic acids is 1. The third-order valence-electron chi connectivity index (χ3n) is 3.56. The Morgan fingerprint density at radius 2 is 1.92 bits per heavy atom. The molecule has 0 radical (unpaired) electrons. The molecule has 0 aliphatic carbocycles. The van der Waals surface area contributed by atoms with Crippen molar-refractivity contribution in [1.29, 1.82) is 0 Å².